The predicted octanol–water partition coefficient (Wildman–Crippen LogP) is 2.10. The zero-order chi connectivity index (χ0) is 16.2. The van der Waals surface area contributed by atoms with Crippen molar-refractivity contribution in [3.8, 4) is 0 Å². The third-order valence-corrected chi connectivity index (χ3v) is 4.64. The molecule has 1 aliphatic heterocycles. The summed E-state index contributed by atoms with van der Waals surface area (Å²) in [5, 5.41) is 3.03. The maximum atomic E-state index is 12.5. The van der Waals surface area contributed by atoms with Gasteiger partial charge in [-0.1, -0.05) is 37.3 Å². The number of likely N-dealkylation sites (tertiary alicyclic amines) is 1. The van der Waals surface area contributed by atoms with Crippen molar-refractivity contribution < 1.29 is 4.79 Å². The predicted molar refractivity (Wildman–Crippen MR) is 89.5 cm³/mol. The van der Waals surface area contributed by atoms with Crippen LogP contribution in [0.4, 0.5) is 0 Å². The number of hydrogen-bond donors (Lipinski definition) is 2. The summed E-state index contributed by atoms with van der Waals surface area (Å²) < 4.78 is 0. The number of carbonyl (C=O) groups is 1. The van der Waals surface area contributed by atoms with Crippen LogP contribution in [0.2, 0.25) is 0 Å². The molecular formula is C18H24N4O. The van der Waals surface area contributed by atoms with E-state index in [-0.39, 0.29) is 11.8 Å². The van der Waals surface area contributed by atoms with Crippen LogP contribution in [0.25, 0.3) is 0 Å². The fourth-order valence-corrected chi connectivity index (χ4v) is 3.25. The number of amides is 1. The Morgan fingerprint density at radius 2 is 2.13 bits per heavy atom. The van der Waals surface area contributed by atoms with Crippen LogP contribution in [0.15, 0.2) is 36.7 Å². The summed E-state index contributed by atoms with van der Waals surface area (Å²) in [6, 6.07) is 10.4. The average molecular weight is 312 g/mol. The molecule has 2 atom stereocenters. The second-order valence-electron chi connectivity index (χ2n) is 6.46. The minimum absolute atomic E-state index is 0.0537. The summed E-state index contributed by atoms with van der Waals surface area (Å²) >= 11 is 0. The van der Waals surface area contributed by atoms with Gasteiger partial charge in [-0.05, 0) is 18.4 Å². The van der Waals surface area contributed by atoms with Crippen LogP contribution in [0.1, 0.15) is 23.9 Å². The van der Waals surface area contributed by atoms with E-state index in [0.717, 1.165) is 31.0 Å². The van der Waals surface area contributed by atoms with Gasteiger partial charge in [-0.2, -0.15) is 0 Å². The van der Waals surface area contributed by atoms with E-state index in [0.29, 0.717) is 12.5 Å². The van der Waals surface area contributed by atoms with Crippen molar-refractivity contribution in [3.05, 3.63) is 53.6 Å². The number of aromatic nitrogens is 2. The molecule has 1 amide bonds. The number of H-pyrrole nitrogens is 1. The Morgan fingerprint density at radius 1 is 1.35 bits per heavy atom. The Morgan fingerprint density at radius 3 is 2.83 bits per heavy atom. The molecule has 5 nitrogen and oxygen atoms in total. The van der Waals surface area contributed by atoms with Crippen LogP contribution < -0.4 is 5.32 Å². The van der Waals surface area contributed by atoms with E-state index in [4.69, 9.17) is 0 Å². The van der Waals surface area contributed by atoms with Gasteiger partial charge in [-0.25, -0.2) is 4.98 Å². The minimum Gasteiger partial charge on any atom is -0.350 e. The lowest BCUT2D eigenvalue weighted by atomic mass is 9.97. The molecule has 0 spiro atoms. The Balaban J connectivity index is 1.53. The van der Waals surface area contributed by atoms with Gasteiger partial charge in [0, 0.05) is 25.3 Å². The Kier molecular flexibility index (Phi) is 4.76. The fourth-order valence-electron chi connectivity index (χ4n) is 3.25. The molecule has 1 aromatic carbocycles. The molecule has 1 aliphatic rings. The third kappa shape index (κ3) is 3.79. The Labute approximate surface area is 137 Å². The molecule has 0 aliphatic carbocycles. The molecule has 1 saturated heterocycles. The number of carbonyl (C=O) groups excluding carboxylic acids is 1. The number of nitrogens with one attached hydrogen (secondary N) is 2. The fraction of sp³-hybridized carbons (Fsp3) is 0.444. The van der Waals surface area contributed by atoms with E-state index < -0.39 is 0 Å². The summed E-state index contributed by atoms with van der Waals surface area (Å²) in [7, 11) is 0. The Bertz CT molecular complexity index is 652. The van der Waals surface area contributed by atoms with E-state index in [1.54, 1.807) is 6.33 Å². The van der Waals surface area contributed by atoms with Crippen LogP contribution >= 0.6 is 0 Å². The summed E-state index contributed by atoms with van der Waals surface area (Å²) in [6.07, 6.45) is 1.66. The second-order valence-corrected chi connectivity index (χ2v) is 6.46. The summed E-state index contributed by atoms with van der Waals surface area (Å²) in [5.74, 6) is 0.562. The lowest BCUT2D eigenvalue weighted by Crippen LogP contribution is -2.34. The van der Waals surface area contributed by atoms with E-state index in [2.05, 4.69) is 51.4 Å². The molecule has 1 aromatic heterocycles. The van der Waals surface area contributed by atoms with Crippen molar-refractivity contribution in [1.82, 2.24) is 20.2 Å². The maximum Gasteiger partial charge on any atom is 0.225 e. The van der Waals surface area contributed by atoms with Gasteiger partial charge in [0.2, 0.25) is 5.91 Å². The zero-order valence-electron chi connectivity index (χ0n) is 13.7. The normalized spacial score (nSPS) is 21.5. The molecule has 1 fully saturated rings. The first kappa shape index (κ1) is 15.7. The van der Waals surface area contributed by atoms with Crippen LogP contribution in [0, 0.1) is 18.8 Å². The molecule has 2 aromatic rings. The largest absolute Gasteiger partial charge is 0.350 e. The minimum atomic E-state index is 0.0537. The highest BCUT2D eigenvalue weighted by molar-refractivity contribution is 5.79. The molecule has 23 heavy (non-hydrogen) atoms. The van der Waals surface area contributed by atoms with Gasteiger partial charge >= 0.3 is 0 Å². The van der Waals surface area contributed by atoms with E-state index in [1.165, 1.54) is 5.56 Å². The lowest BCUT2D eigenvalue weighted by molar-refractivity contribution is -0.125. The van der Waals surface area contributed by atoms with Gasteiger partial charge in [-0.3, -0.25) is 9.69 Å². The van der Waals surface area contributed by atoms with Crippen molar-refractivity contribution in [2.75, 3.05) is 13.1 Å². The van der Waals surface area contributed by atoms with Gasteiger partial charge < -0.3 is 10.3 Å². The molecule has 5 heteroatoms. The highest BCUT2D eigenvalue weighted by atomic mass is 16.1. The van der Waals surface area contributed by atoms with E-state index in [9.17, 15) is 4.79 Å². The van der Waals surface area contributed by atoms with Crippen LogP contribution in [0.3, 0.4) is 0 Å². The monoisotopic (exact) mass is 312 g/mol. The molecule has 122 valence electrons. The number of imidazole rings is 1. The molecular weight excluding hydrogens is 288 g/mol. The van der Waals surface area contributed by atoms with Gasteiger partial charge in [0.15, 0.2) is 0 Å². The van der Waals surface area contributed by atoms with Crippen molar-refractivity contribution in [2.24, 2.45) is 11.8 Å². The number of benzene rings is 1. The highest BCUT2D eigenvalue weighted by Gasteiger charge is 2.34. The highest BCUT2D eigenvalue weighted by Crippen LogP contribution is 2.24. The van der Waals surface area contributed by atoms with Crippen LogP contribution in [-0.2, 0) is 17.9 Å². The summed E-state index contributed by atoms with van der Waals surface area (Å²) in [6.45, 7) is 7.32. The molecule has 3 rings (SSSR count). The smallest absolute Gasteiger partial charge is 0.225 e. The average Bonchev–Trinajstić information content (AvgIpc) is 3.12. The topological polar surface area (TPSA) is 61.0 Å². The van der Waals surface area contributed by atoms with Gasteiger partial charge in [-0.15, -0.1) is 0 Å². The molecule has 0 unspecified atom stereocenters. The summed E-state index contributed by atoms with van der Waals surface area (Å²) in [5.41, 5.74) is 3.22. The number of nitrogens with zero attached hydrogens (tertiary/aromatic N) is 2. The first-order valence-corrected chi connectivity index (χ1v) is 8.16. The van der Waals surface area contributed by atoms with Gasteiger partial charge in [0.25, 0.3) is 0 Å². The van der Waals surface area contributed by atoms with E-state index in [1.807, 2.05) is 13.0 Å². The quantitative estimate of drug-likeness (QED) is 0.889. The lowest BCUT2D eigenvalue weighted by Gasteiger charge is -2.16. The second kappa shape index (κ2) is 6.96. The van der Waals surface area contributed by atoms with Gasteiger partial charge in [0.05, 0.1) is 24.5 Å². The SMILES string of the molecule is Cc1[nH]cnc1CNC(=O)[C@@H]1CN(Cc2ccccc2)C[C@H]1C. The Hall–Kier alpha value is -2.14. The standard InChI is InChI=1S/C18H24N4O/c1-13-9-22(10-15-6-4-3-5-7-15)11-16(13)18(23)19-8-17-14(2)20-12-21-17/h3-7,12-13,16H,8-11H2,1-2H3,(H,19,23)(H,20,21)/t13-,16-/m1/s1. The van der Waals surface area contributed by atoms with E-state index >= 15 is 0 Å². The number of aromatic amines is 1. The molecule has 2 N–H and O–H groups in total. The van der Waals surface area contributed by atoms with Crippen molar-refractivity contribution in [2.45, 2.75) is 26.9 Å². The molecule has 0 bridgehead atoms. The number of rotatable bonds is 5. The number of aryl methyl sites for hydroxylation is 1. The molecule has 0 saturated carbocycles. The van der Waals surface area contributed by atoms with Gasteiger partial charge in [0.1, 0.15) is 0 Å². The van der Waals surface area contributed by atoms with Crippen LogP contribution in [-0.4, -0.2) is 33.9 Å². The third-order valence-electron chi connectivity index (χ3n) is 4.64. The van der Waals surface area contributed by atoms with Crippen LogP contribution in [0.5, 0.6) is 0 Å². The molecule has 2 heterocycles. The maximum absolute atomic E-state index is 12.5. The van der Waals surface area contributed by atoms with Crippen molar-refractivity contribution >= 4 is 5.91 Å². The zero-order valence-corrected chi connectivity index (χ0v) is 13.7. The first-order valence-electron chi connectivity index (χ1n) is 8.16. The summed E-state index contributed by atoms with van der Waals surface area (Å²) in [4.78, 5) is 22.1. The van der Waals surface area contributed by atoms with Crippen molar-refractivity contribution in [3.63, 3.8) is 0 Å². The van der Waals surface area contributed by atoms with Crippen molar-refractivity contribution in [1.29, 1.82) is 0 Å². The molecule has 0 radical (unpaired) electrons. The first-order chi connectivity index (χ1) is 11.1. The number of hydrogen-bond acceptors (Lipinski definition) is 3.